The van der Waals surface area contributed by atoms with Gasteiger partial charge in [-0.1, -0.05) is 19.9 Å². The van der Waals surface area contributed by atoms with Crippen LogP contribution in [0.3, 0.4) is 0 Å². The second-order valence-electron chi connectivity index (χ2n) is 6.10. The number of carbonyl (C=O) groups is 1. The molecule has 0 heterocycles. The second kappa shape index (κ2) is 6.38. The van der Waals surface area contributed by atoms with Gasteiger partial charge < -0.3 is 4.74 Å². The standard InChI is InChI=1S/C17H23FO2/c1-11(2)12-5-7-17(19)14(8-12)9-13-4-6-15(20-3)10-16(13)18/h4,6,10-12,14H,5,7-9H2,1-3H3. The maximum absolute atomic E-state index is 14.0. The van der Waals surface area contributed by atoms with E-state index in [1.807, 2.05) is 0 Å². The van der Waals surface area contributed by atoms with Gasteiger partial charge in [0.1, 0.15) is 17.3 Å². The molecule has 0 bridgehead atoms. The van der Waals surface area contributed by atoms with Crippen LogP contribution in [0.15, 0.2) is 18.2 Å². The van der Waals surface area contributed by atoms with Gasteiger partial charge in [-0.15, -0.1) is 0 Å². The second-order valence-corrected chi connectivity index (χ2v) is 6.10. The predicted molar refractivity (Wildman–Crippen MR) is 77.3 cm³/mol. The molecule has 2 unspecified atom stereocenters. The number of methoxy groups -OCH3 is 1. The summed E-state index contributed by atoms with van der Waals surface area (Å²) < 4.78 is 19.0. The maximum Gasteiger partial charge on any atom is 0.136 e. The number of carbonyl (C=O) groups excluding carboxylic acids is 1. The van der Waals surface area contributed by atoms with E-state index in [9.17, 15) is 9.18 Å². The molecule has 0 aliphatic heterocycles. The molecule has 1 aliphatic carbocycles. The zero-order valence-corrected chi connectivity index (χ0v) is 12.5. The molecule has 110 valence electrons. The molecule has 2 rings (SSSR count). The van der Waals surface area contributed by atoms with Crippen molar-refractivity contribution < 1.29 is 13.9 Å². The Morgan fingerprint density at radius 2 is 2.15 bits per heavy atom. The number of halogens is 1. The number of Topliss-reactive ketones (excluding diaryl/α,β-unsaturated/α-hetero) is 1. The molecule has 20 heavy (non-hydrogen) atoms. The number of ether oxygens (including phenoxy) is 1. The largest absolute Gasteiger partial charge is 0.497 e. The van der Waals surface area contributed by atoms with E-state index in [0.717, 1.165) is 12.8 Å². The lowest BCUT2D eigenvalue weighted by atomic mass is 9.73. The summed E-state index contributed by atoms with van der Waals surface area (Å²) in [7, 11) is 1.52. The molecule has 2 nitrogen and oxygen atoms in total. The molecule has 3 heteroatoms. The van der Waals surface area contributed by atoms with Gasteiger partial charge in [-0.05, 0) is 42.7 Å². The Bertz CT molecular complexity index is 482. The summed E-state index contributed by atoms with van der Waals surface area (Å²) in [4.78, 5) is 12.1. The van der Waals surface area contributed by atoms with Gasteiger partial charge >= 0.3 is 0 Å². The van der Waals surface area contributed by atoms with Gasteiger partial charge in [0.25, 0.3) is 0 Å². The van der Waals surface area contributed by atoms with Crippen LogP contribution in [0.2, 0.25) is 0 Å². The molecule has 1 fully saturated rings. The minimum Gasteiger partial charge on any atom is -0.497 e. The molecule has 1 aromatic rings. The van der Waals surface area contributed by atoms with Crippen molar-refractivity contribution in [1.29, 1.82) is 0 Å². The van der Waals surface area contributed by atoms with Gasteiger partial charge in [-0.25, -0.2) is 4.39 Å². The van der Waals surface area contributed by atoms with Gasteiger partial charge in [0.2, 0.25) is 0 Å². The monoisotopic (exact) mass is 278 g/mol. The van der Waals surface area contributed by atoms with E-state index in [4.69, 9.17) is 4.74 Å². The van der Waals surface area contributed by atoms with Gasteiger partial charge in [-0.2, -0.15) is 0 Å². The van der Waals surface area contributed by atoms with Crippen LogP contribution in [-0.4, -0.2) is 12.9 Å². The smallest absolute Gasteiger partial charge is 0.136 e. The Balaban J connectivity index is 2.09. The Hall–Kier alpha value is -1.38. The third kappa shape index (κ3) is 3.38. The first-order valence-corrected chi connectivity index (χ1v) is 7.36. The highest BCUT2D eigenvalue weighted by Gasteiger charge is 2.30. The summed E-state index contributed by atoms with van der Waals surface area (Å²) in [6.45, 7) is 4.40. The quantitative estimate of drug-likeness (QED) is 0.831. The number of benzene rings is 1. The molecule has 0 N–H and O–H groups in total. The lowest BCUT2D eigenvalue weighted by Gasteiger charge is -2.30. The Labute approximate surface area is 120 Å². The van der Waals surface area contributed by atoms with Gasteiger partial charge in [0.15, 0.2) is 0 Å². The number of hydrogen-bond acceptors (Lipinski definition) is 2. The summed E-state index contributed by atoms with van der Waals surface area (Å²) >= 11 is 0. The van der Waals surface area contributed by atoms with Crippen LogP contribution in [0.1, 0.15) is 38.7 Å². The van der Waals surface area contributed by atoms with Crippen LogP contribution >= 0.6 is 0 Å². The topological polar surface area (TPSA) is 26.3 Å². The summed E-state index contributed by atoms with van der Waals surface area (Å²) in [5.74, 6) is 1.67. The van der Waals surface area contributed by atoms with Crippen molar-refractivity contribution in [3.8, 4) is 5.75 Å². The summed E-state index contributed by atoms with van der Waals surface area (Å²) in [5.41, 5.74) is 0.619. The van der Waals surface area contributed by atoms with Gasteiger partial charge in [0, 0.05) is 18.4 Å². The average Bonchev–Trinajstić information content (AvgIpc) is 2.42. The Kier molecular flexibility index (Phi) is 4.79. The van der Waals surface area contributed by atoms with Crippen LogP contribution in [0.25, 0.3) is 0 Å². The molecule has 0 amide bonds. The molecular weight excluding hydrogens is 255 g/mol. The molecule has 1 aromatic carbocycles. The normalized spacial score (nSPS) is 23.1. The Morgan fingerprint density at radius 3 is 2.75 bits per heavy atom. The molecule has 1 aliphatic rings. The lowest BCUT2D eigenvalue weighted by molar-refractivity contribution is -0.125. The maximum atomic E-state index is 14.0. The first kappa shape index (κ1) is 15.0. The predicted octanol–water partition coefficient (Wildman–Crippen LogP) is 4.02. The highest BCUT2D eigenvalue weighted by molar-refractivity contribution is 5.82. The third-order valence-corrected chi connectivity index (χ3v) is 4.47. The SMILES string of the molecule is COc1ccc(CC2CC(C(C)C)CCC2=O)c(F)c1. The summed E-state index contributed by atoms with van der Waals surface area (Å²) in [6.07, 6.45) is 3.03. The van der Waals surface area contributed by atoms with Crippen molar-refractivity contribution >= 4 is 5.78 Å². The highest BCUT2D eigenvalue weighted by Crippen LogP contribution is 2.34. The van der Waals surface area contributed by atoms with E-state index < -0.39 is 0 Å². The first-order valence-electron chi connectivity index (χ1n) is 7.36. The molecule has 1 saturated carbocycles. The van der Waals surface area contributed by atoms with Gasteiger partial charge in [0.05, 0.1) is 7.11 Å². The molecule has 0 saturated heterocycles. The molecule has 0 radical (unpaired) electrons. The van der Waals surface area contributed by atoms with Crippen LogP contribution in [0.5, 0.6) is 5.75 Å². The number of hydrogen-bond donors (Lipinski definition) is 0. The number of ketones is 1. The van der Waals surface area contributed by atoms with E-state index in [2.05, 4.69) is 13.8 Å². The third-order valence-electron chi connectivity index (χ3n) is 4.47. The molecule has 0 aromatic heterocycles. The summed E-state index contributed by atoms with van der Waals surface area (Å²) in [6, 6.07) is 4.88. The van der Waals surface area contributed by atoms with Crippen LogP contribution < -0.4 is 4.74 Å². The average molecular weight is 278 g/mol. The fraction of sp³-hybridized carbons (Fsp3) is 0.588. The van der Waals surface area contributed by atoms with Crippen molar-refractivity contribution in [3.05, 3.63) is 29.6 Å². The fourth-order valence-corrected chi connectivity index (χ4v) is 3.04. The van der Waals surface area contributed by atoms with E-state index >= 15 is 0 Å². The minimum absolute atomic E-state index is 0.0287. The summed E-state index contributed by atoms with van der Waals surface area (Å²) in [5, 5.41) is 0. The minimum atomic E-state index is -0.274. The van der Waals surface area contributed by atoms with Crippen molar-refractivity contribution in [1.82, 2.24) is 0 Å². The van der Waals surface area contributed by atoms with Crippen LogP contribution in [0.4, 0.5) is 4.39 Å². The zero-order chi connectivity index (χ0) is 14.7. The molecular formula is C17H23FO2. The fourth-order valence-electron chi connectivity index (χ4n) is 3.04. The van der Waals surface area contributed by atoms with E-state index in [0.29, 0.717) is 36.0 Å². The zero-order valence-electron chi connectivity index (χ0n) is 12.5. The van der Waals surface area contributed by atoms with Crippen LogP contribution in [-0.2, 0) is 11.2 Å². The Morgan fingerprint density at radius 1 is 1.40 bits per heavy atom. The van der Waals surface area contributed by atoms with Crippen LogP contribution in [0, 0.1) is 23.6 Å². The highest BCUT2D eigenvalue weighted by atomic mass is 19.1. The van der Waals surface area contributed by atoms with E-state index in [1.165, 1.54) is 13.2 Å². The lowest BCUT2D eigenvalue weighted by Crippen LogP contribution is -2.29. The van der Waals surface area contributed by atoms with Crippen molar-refractivity contribution in [2.75, 3.05) is 7.11 Å². The van der Waals surface area contributed by atoms with E-state index in [1.54, 1.807) is 12.1 Å². The van der Waals surface area contributed by atoms with E-state index in [-0.39, 0.29) is 17.5 Å². The van der Waals surface area contributed by atoms with Crippen molar-refractivity contribution in [3.63, 3.8) is 0 Å². The molecule has 2 atom stereocenters. The van der Waals surface area contributed by atoms with Crippen molar-refractivity contribution in [2.45, 2.75) is 39.5 Å². The molecule has 0 spiro atoms. The van der Waals surface area contributed by atoms with Gasteiger partial charge in [-0.3, -0.25) is 4.79 Å². The number of rotatable bonds is 4. The first-order chi connectivity index (χ1) is 9.51. The van der Waals surface area contributed by atoms with Crippen molar-refractivity contribution in [2.24, 2.45) is 17.8 Å².